The molecule has 0 saturated heterocycles. The number of halogens is 1. The lowest BCUT2D eigenvalue weighted by Gasteiger charge is -2.34. The zero-order valence-electron chi connectivity index (χ0n) is 11.3. The Morgan fingerprint density at radius 1 is 1.26 bits per heavy atom. The first-order valence-corrected chi connectivity index (χ1v) is 7.94. The van der Waals surface area contributed by atoms with Crippen molar-refractivity contribution in [1.29, 1.82) is 0 Å². The number of hydrogen-bond acceptors (Lipinski definition) is 2. The molecule has 1 atom stereocenters. The predicted octanol–water partition coefficient (Wildman–Crippen LogP) is 2.91. The summed E-state index contributed by atoms with van der Waals surface area (Å²) in [6.45, 7) is 1.89. The molecule has 0 radical (unpaired) electrons. The highest BCUT2D eigenvalue weighted by atomic mass is 127. The van der Waals surface area contributed by atoms with Crippen LogP contribution < -0.4 is 11.1 Å². The molecule has 1 aromatic carbocycles. The van der Waals surface area contributed by atoms with Crippen LogP contribution >= 0.6 is 22.6 Å². The molecule has 1 amide bonds. The first kappa shape index (κ1) is 14.8. The minimum Gasteiger partial charge on any atom is -0.368 e. The van der Waals surface area contributed by atoms with E-state index in [0.29, 0.717) is 6.04 Å². The lowest BCUT2D eigenvalue weighted by Crippen LogP contribution is -2.54. The summed E-state index contributed by atoms with van der Waals surface area (Å²) in [5, 5.41) is 3.49. The van der Waals surface area contributed by atoms with Crippen molar-refractivity contribution >= 4 is 28.5 Å². The fourth-order valence-corrected chi connectivity index (χ4v) is 3.09. The van der Waals surface area contributed by atoms with E-state index in [4.69, 9.17) is 5.73 Å². The van der Waals surface area contributed by atoms with E-state index in [1.165, 1.54) is 19.3 Å². The summed E-state index contributed by atoms with van der Waals surface area (Å²) in [7, 11) is 0. The average molecular weight is 372 g/mol. The van der Waals surface area contributed by atoms with Crippen molar-refractivity contribution in [3.63, 3.8) is 0 Å². The second-order valence-electron chi connectivity index (χ2n) is 5.48. The topological polar surface area (TPSA) is 55.1 Å². The van der Waals surface area contributed by atoms with Gasteiger partial charge in [0.05, 0.1) is 0 Å². The quantitative estimate of drug-likeness (QED) is 0.799. The van der Waals surface area contributed by atoms with Crippen molar-refractivity contribution < 1.29 is 4.79 Å². The van der Waals surface area contributed by atoms with Crippen LogP contribution in [0, 0.1) is 3.57 Å². The molecule has 0 spiro atoms. The Balaban J connectivity index is 2.21. The van der Waals surface area contributed by atoms with Crippen LogP contribution in [0.5, 0.6) is 0 Å². The van der Waals surface area contributed by atoms with Crippen LogP contribution in [-0.2, 0) is 10.3 Å². The van der Waals surface area contributed by atoms with E-state index < -0.39 is 5.54 Å². The van der Waals surface area contributed by atoms with E-state index in [2.05, 4.69) is 27.9 Å². The van der Waals surface area contributed by atoms with Gasteiger partial charge in [-0.15, -0.1) is 0 Å². The Hall–Kier alpha value is -0.620. The van der Waals surface area contributed by atoms with Gasteiger partial charge in [-0.2, -0.15) is 0 Å². The molecule has 3 nitrogen and oxygen atoms in total. The average Bonchev–Trinajstić information content (AvgIpc) is 2.40. The SMILES string of the molecule is CC(NC1CCCCC1)(C(N)=O)c1ccc(I)cc1. The number of nitrogens with one attached hydrogen (secondary N) is 1. The molecule has 1 aromatic rings. The van der Waals surface area contributed by atoms with Gasteiger partial charge in [-0.1, -0.05) is 31.4 Å². The first-order chi connectivity index (χ1) is 9.02. The number of nitrogens with two attached hydrogens (primary N) is 1. The van der Waals surface area contributed by atoms with Gasteiger partial charge in [0.2, 0.25) is 5.91 Å². The Labute approximate surface area is 128 Å². The number of carbonyl (C=O) groups excluding carboxylic acids is 1. The normalized spacial score (nSPS) is 19.9. The molecular formula is C15H21IN2O. The minimum absolute atomic E-state index is 0.306. The molecule has 2 rings (SSSR count). The molecule has 0 aromatic heterocycles. The van der Waals surface area contributed by atoms with Gasteiger partial charge in [-0.05, 0) is 60.1 Å². The van der Waals surface area contributed by atoms with E-state index in [-0.39, 0.29) is 5.91 Å². The molecule has 104 valence electrons. The summed E-state index contributed by atoms with van der Waals surface area (Å²) < 4.78 is 1.16. The summed E-state index contributed by atoms with van der Waals surface area (Å²) in [6.07, 6.45) is 6.04. The standard InChI is InChI=1S/C15H21IN2O/c1-15(14(17)19,11-7-9-12(16)10-8-11)18-13-5-3-2-4-6-13/h7-10,13,18H,2-6H2,1H3,(H2,17,19). The molecule has 3 N–H and O–H groups in total. The minimum atomic E-state index is -0.771. The number of benzene rings is 1. The van der Waals surface area contributed by atoms with Crippen LogP contribution in [0.3, 0.4) is 0 Å². The summed E-state index contributed by atoms with van der Waals surface area (Å²) in [5.74, 6) is -0.306. The van der Waals surface area contributed by atoms with Gasteiger partial charge in [0.15, 0.2) is 0 Å². The summed E-state index contributed by atoms with van der Waals surface area (Å²) in [4.78, 5) is 11.9. The highest BCUT2D eigenvalue weighted by molar-refractivity contribution is 14.1. The van der Waals surface area contributed by atoms with Gasteiger partial charge >= 0.3 is 0 Å². The van der Waals surface area contributed by atoms with E-state index in [0.717, 1.165) is 22.0 Å². The second-order valence-corrected chi connectivity index (χ2v) is 6.72. The van der Waals surface area contributed by atoms with Crippen molar-refractivity contribution in [2.45, 2.75) is 50.6 Å². The molecule has 19 heavy (non-hydrogen) atoms. The third-order valence-corrected chi connectivity index (χ3v) is 4.73. The zero-order valence-corrected chi connectivity index (χ0v) is 13.4. The van der Waals surface area contributed by atoms with E-state index in [9.17, 15) is 4.79 Å². The van der Waals surface area contributed by atoms with Crippen LogP contribution in [-0.4, -0.2) is 11.9 Å². The Bertz CT molecular complexity index is 440. The first-order valence-electron chi connectivity index (χ1n) is 6.86. The smallest absolute Gasteiger partial charge is 0.242 e. The van der Waals surface area contributed by atoms with Crippen molar-refractivity contribution in [3.8, 4) is 0 Å². The Kier molecular flexibility index (Phi) is 4.84. The predicted molar refractivity (Wildman–Crippen MR) is 85.7 cm³/mol. The fourth-order valence-electron chi connectivity index (χ4n) is 2.74. The van der Waals surface area contributed by atoms with Gasteiger partial charge in [0, 0.05) is 9.61 Å². The molecule has 1 aliphatic rings. The maximum Gasteiger partial charge on any atom is 0.242 e. The van der Waals surface area contributed by atoms with E-state index in [1.807, 2.05) is 31.2 Å². The molecule has 1 aliphatic carbocycles. The van der Waals surface area contributed by atoms with Gasteiger partial charge in [0.1, 0.15) is 5.54 Å². The number of rotatable bonds is 4. The van der Waals surface area contributed by atoms with Crippen LogP contribution in [0.2, 0.25) is 0 Å². The molecule has 1 saturated carbocycles. The maximum atomic E-state index is 11.9. The van der Waals surface area contributed by atoms with Crippen molar-refractivity contribution in [3.05, 3.63) is 33.4 Å². The van der Waals surface area contributed by atoms with E-state index in [1.54, 1.807) is 0 Å². The van der Waals surface area contributed by atoms with Crippen LogP contribution in [0.1, 0.15) is 44.6 Å². The van der Waals surface area contributed by atoms with Crippen molar-refractivity contribution in [1.82, 2.24) is 5.32 Å². The lowest BCUT2D eigenvalue weighted by atomic mass is 9.87. The molecule has 0 bridgehead atoms. The fraction of sp³-hybridized carbons (Fsp3) is 0.533. The number of primary amides is 1. The third kappa shape index (κ3) is 3.48. The molecule has 0 aliphatic heterocycles. The lowest BCUT2D eigenvalue weighted by molar-refractivity contribution is -0.124. The van der Waals surface area contributed by atoms with Crippen LogP contribution in [0.4, 0.5) is 0 Å². The van der Waals surface area contributed by atoms with Crippen molar-refractivity contribution in [2.24, 2.45) is 5.73 Å². The number of carbonyl (C=O) groups is 1. The van der Waals surface area contributed by atoms with Crippen molar-refractivity contribution in [2.75, 3.05) is 0 Å². The molecule has 0 heterocycles. The molecule has 1 fully saturated rings. The third-order valence-electron chi connectivity index (χ3n) is 4.01. The Morgan fingerprint density at radius 3 is 2.37 bits per heavy atom. The van der Waals surface area contributed by atoms with Crippen LogP contribution in [0.15, 0.2) is 24.3 Å². The molecule has 4 heteroatoms. The highest BCUT2D eigenvalue weighted by Crippen LogP contribution is 2.26. The summed E-state index contributed by atoms with van der Waals surface area (Å²) >= 11 is 2.26. The molecular weight excluding hydrogens is 351 g/mol. The monoisotopic (exact) mass is 372 g/mol. The van der Waals surface area contributed by atoms with Gasteiger partial charge in [-0.3, -0.25) is 10.1 Å². The number of hydrogen-bond donors (Lipinski definition) is 2. The zero-order chi connectivity index (χ0) is 13.9. The summed E-state index contributed by atoms with van der Waals surface area (Å²) in [6, 6.07) is 8.40. The van der Waals surface area contributed by atoms with Gasteiger partial charge < -0.3 is 5.73 Å². The highest BCUT2D eigenvalue weighted by Gasteiger charge is 2.35. The second kappa shape index (κ2) is 6.22. The Morgan fingerprint density at radius 2 is 1.84 bits per heavy atom. The number of amides is 1. The molecule has 1 unspecified atom stereocenters. The van der Waals surface area contributed by atoms with Gasteiger partial charge in [0.25, 0.3) is 0 Å². The van der Waals surface area contributed by atoms with E-state index >= 15 is 0 Å². The van der Waals surface area contributed by atoms with Crippen LogP contribution in [0.25, 0.3) is 0 Å². The van der Waals surface area contributed by atoms with Gasteiger partial charge in [-0.25, -0.2) is 0 Å². The largest absolute Gasteiger partial charge is 0.368 e. The summed E-state index contributed by atoms with van der Waals surface area (Å²) in [5.41, 5.74) is 5.83. The maximum absolute atomic E-state index is 11.9.